The van der Waals surface area contributed by atoms with E-state index in [1.165, 1.54) is 7.11 Å². The fourth-order valence-electron chi connectivity index (χ4n) is 1.78. The second kappa shape index (κ2) is 4.18. The molecule has 84 valence electrons. The fourth-order valence-corrected chi connectivity index (χ4v) is 2.05. The number of fused-ring (bicyclic) bond motifs is 1. The third-order valence-electron chi connectivity index (χ3n) is 2.68. The molecular weight excluding hydrogens is 226 g/mol. The summed E-state index contributed by atoms with van der Waals surface area (Å²) in [6.45, 7) is 1.91. The Morgan fingerprint density at radius 1 is 1.50 bits per heavy atom. The quantitative estimate of drug-likeness (QED) is 0.752. The van der Waals surface area contributed by atoms with Gasteiger partial charge in [-0.1, -0.05) is 17.7 Å². The predicted molar refractivity (Wildman–Crippen MR) is 62.9 cm³/mol. The summed E-state index contributed by atoms with van der Waals surface area (Å²) in [5.74, 6) is -0.261. The molecule has 0 bridgehead atoms. The molecule has 0 atom stereocenters. The lowest BCUT2D eigenvalue weighted by Crippen LogP contribution is -2.07. The molecule has 2 rings (SSSR count). The van der Waals surface area contributed by atoms with E-state index in [0.717, 1.165) is 16.8 Å². The monoisotopic (exact) mass is 237 g/mol. The molecule has 0 saturated carbocycles. The lowest BCUT2D eigenvalue weighted by Gasteiger charge is -2.02. The molecule has 2 heterocycles. The van der Waals surface area contributed by atoms with Crippen molar-refractivity contribution in [3.8, 4) is 0 Å². The van der Waals surface area contributed by atoms with Gasteiger partial charge < -0.3 is 9.14 Å². The molecule has 0 unspecified atom stereocenters. The molecule has 0 amide bonds. The Balaban J connectivity index is 2.59. The van der Waals surface area contributed by atoms with Crippen LogP contribution in [0.15, 0.2) is 24.4 Å². The van der Waals surface area contributed by atoms with Gasteiger partial charge in [0.15, 0.2) is 0 Å². The minimum Gasteiger partial charge on any atom is -0.469 e. The molecule has 2 aromatic heterocycles. The van der Waals surface area contributed by atoms with Gasteiger partial charge in [0.1, 0.15) is 0 Å². The van der Waals surface area contributed by atoms with E-state index in [1.54, 1.807) is 0 Å². The number of methoxy groups -OCH3 is 1. The van der Waals surface area contributed by atoms with Crippen molar-refractivity contribution in [3.63, 3.8) is 0 Å². The summed E-state index contributed by atoms with van der Waals surface area (Å²) in [6.07, 6.45) is 2.13. The summed E-state index contributed by atoms with van der Waals surface area (Å²) < 4.78 is 6.60. The Labute approximate surface area is 98.6 Å². The average Bonchev–Trinajstić information content (AvgIpc) is 2.55. The number of rotatable bonds is 2. The highest BCUT2D eigenvalue weighted by atomic mass is 35.5. The van der Waals surface area contributed by atoms with E-state index in [1.807, 2.05) is 35.7 Å². The number of aromatic nitrogens is 1. The molecule has 4 heteroatoms. The van der Waals surface area contributed by atoms with Crippen LogP contribution in [-0.2, 0) is 16.0 Å². The topological polar surface area (TPSA) is 30.7 Å². The van der Waals surface area contributed by atoms with Gasteiger partial charge in [0.25, 0.3) is 0 Å². The van der Waals surface area contributed by atoms with Crippen LogP contribution in [0.3, 0.4) is 0 Å². The van der Waals surface area contributed by atoms with Gasteiger partial charge in [-0.15, -0.1) is 0 Å². The van der Waals surface area contributed by atoms with Crippen molar-refractivity contribution < 1.29 is 9.53 Å². The summed E-state index contributed by atoms with van der Waals surface area (Å²) >= 11 is 6.20. The van der Waals surface area contributed by atoms with E-state index in [2.05, 4.69) is 4.74 Å². The molecular formula is C12H12ClNO2. The highest BCUT2D eigenvalue weighted by molar-refractivity contribution is 6.35. The van der Waals surface area contributed by atoms with Gasteiger partial charge in [0, 0.05) is 11.9 Å². The SMILES string of the molecule is COC(=O)Cc1c(C)c(Cl)c2ccccn12. The van der Waals surface area contributed by atoms with Crippen LogP contribution in [0.1, 0.15) is 11.3 Å². The molecule has 0 spiro atoms. The van der Waals surface area contributed by atoms with Gasteiger partial charge in [-0.2, -0.15) is 0 Å². The number of esters is 1. The maximum atomic E-state index is 11.3. The second-order valence-corrected chi connectivity index (χ2v) is 3.97. The molecule has 0 fully saturated rings. The number of pyridine rings is 1. The van der Waals surface area contributed by atoms with E-state index < -0.39 is 0 Å². The van der Waals surface area contributed by atoms with Crippen molar-refractivity contribution in [1.29, 1.82) is 0 Å². The summed E-state index contributed by atoms with van der Waals surface area (Å²) in [6, 6.07) is 5.75. The average molecular weight is 238 g/mol. The first-order valence-electron chi connectivity index (χ1n) is 4.96. The first kappa shape index (κ1) is 11.0. The summed E-state index contributed by atoms with van der Waals surface area (Å²) in [5, 5.41) is 0.694. The van der Waals surface area contributed by atoms with Crippen LogP contribution in [-0.4, -0.2) is 17.5 Å². The van der Waals surface area contributed by atoms with Crippen molar-refractivity contribution in [2.75, 3.05) is 7.11 Å². The van der Waals surface area contributed by atoms with Crippen molar-refractivity contribution in [1.82, 2.24) is 4.40 Å². The van der Waals surface area contributed by atoms with Crippen LogP contribution < -0.4 is 0 Å². The molecule has 2 aromatic rings. The minimum absolute atomic E-state index is 0.236. The van der Waals surface area contributed by atoms with Gasteiger partial charge in [0.05, 0.1) is 24.1 Å². The Hall–Kier alpha value is -1.48. The van der Waals surface area contributed by atoms with Gasteiger partial charge in [-0.25, -0.2) is 0 Å². The Morgan fingerprint density at radius 3 is 2.94 bits per heavy atom. The van der Waals surface area contributed by atoms with E-state index >= 15 is 0 Å². The minimum atomic E-state index is -0.261. The summed E-state index contributed by atoms with van der Waals surface area (Å²) in [7, 11) is 1.38. The highest BCUT2D eigenvalue weighted by Crippen LogP contribution is 2.28. The fraction of sp³-hybridized carbons (Fsp3) is 0.250. The molecule has 0 N–H and O–H groups in total. The van der Waals surface area contributed by atoms with Crippen LogP contribution in [0.2, 0.25) is 5.02 Å². The van der Waals surface area contributed by atoms with Crippen molar-refractivity contribution in [2.24, 2.45) is 0 Å². The van der Waals surface area contributed by atoms with Gasteiger partial charge in [-0.3, -0.25) is 4.79 Å². The van der Waals surface area contributed by atoms with Crippen LogP contribution in [0.4, 0.5) is 0 Å². The van der Waals surface area contributed by atoms with Crippen molar-refractivity contribution >= 4 is 23.1 Å². The highest BCUT2D eigenvalue weighted by Gasteiger charge is 2.15. The molecule has 0 aliphatic heterocycles. The van der Waals surface area contributed by atoms with Gasteiger partial charge in [-0.05, 0) is 24.6 Å². The normalized spacial score (nSPS) is 10.7. The van der Waals surface area contributed by atoms with Gasteiger partial charge >= 0.3 is 5.97 Å². The van der Waals surface area contributed by atoms with Crippen LogP contribution >= 0.6 is 11.6 Å². The molecule has 0 aromatic carbocycles. The molecule has 0 radical (unpaired) electrons. The van der Waals surface area contributed by atoms with Crippen LogP contribution in [0, 0.1) is 6.92 Å². The van der Waals surface area contributed by atoms with Crippen molar-refractivity contribution in [3.05, 3.63) is 40.7 Å². The molecule has 0 aliphatic carbocycles. The first-order valence-corrected chi connectivity index (χ1v) is 5.33. The largest absolute Gasteiger partial charge is 0.469 e. The zero-order valence-electron chi connectivity index (χ0n) is 9.16. The molecule has 16 heavy (non-hydrogen) atoms. The number of nitrogens with zero attached hydrogens (tertiary/aromatic N) is 1. The molecule has 0 aliphatic rings. The van der Waals surface area contributed by atoms with E-state index in [4.69, 9.17) is 11.6 Å². The maximum Gasteiger partial charge on any atom is 0.311 e. The number of hydrogen-bond donors (Lipinski definition) is 0. The number of halogens is 1. The number of hydrogen-bond acceptors (Lipinski definition) is 2. The molecule has 0 saturated heterocycles. The third-order valence-corrected chi connectivity index (χ3v) is 3.15. The van der Waals surface area contributed by atoms with Crippen LogP contribution in [0.25, 0.3) is 5.52 Å². The standard InChI is InChI=1S/C12H12ClNO2/c1-8-10(7-11(15)16-2)14-6-4-3-5-9(14)12(8)13/h3-6H,7H2,1-2H3. The number of ether oxygens (including phenoxy) is 1. The maximum absolute atomic E-state index is 11.3. The first-order chi connectivity index (χ1) is 7.65. The van der Waals surface area contributed by atoms with Crippen LogP contribution in [0.5, 0.6) is 0 Å². The molecule has 3 nitrogen and oxygen atoms in total. The van der Waals surface area contributed by atoms with E-state index in [0.29, 0.717) is 5.02 Å². The summed E-state index contributed by atoms with van der Waals surface area (Å²) in [4.78, 5) is 11.3. The Morgan fingerprint density at radius 2 is 2.25 bits per heavy atom. The van der Waals surface area contributed by atoms with E-state index in [-0.39, 0.29) is 12.4 Å². The zero-order chi connectivity index (χ0) is 11.7. The second-order valence-electron chi connectivity index (χ2n) is 3.59. The Bertz CT molecular complexity index is 545. The lowest BCUT2D eigenvalue weighted by atomic mass is 10.2. The number of carbonyl (C=O) groups is 1. The lowest BCUT2D eigenvalue weighted by molar-refractivity contribution is -0.139. The predicted octanol–water partition coefficient (Wildman–Crippen LogP) is 2.62. The van der Waals surface area contributed by atoms with Gasteiger partial charge in [0.2, 0.25) is 0 Å². The Kier molecular flexibility index (Phi) is 2.88. The third kappa shape index (κ3) is 1.67. The van der Waals surface area contributed by atoms with E-state index in [9.17, 15) is 4.79 Å². The zero-order valence-corrected chi connectivity index (χ0v) is 9.91. The number of carbonyl (C=O) groups excluding carboxylic acids is 1. The summed E-state index contributed by atoms with van der Waals surface area (Å²) in [5.41, 5.74) is 2.73. The van der Waals surface area contributed by atoms with Crippen molar-refractivity contribution in [2.45, 2.75) is 13.3 Å². The smallest absolute Gasteiger partial charge is 0.311 e.